The van der Waals surface area contributed by atoms with E-state index in [1.807, 2.05) is 13.8 Å². The van der Waals surface area contributed by atoms with Gasteiger partial charge in [0.2, 0.25) is 0 Å². The third kappa shape index (κ3) is 6.95. The molecule has 0 aliphatic carbocycles. The fourth-order valence-corrected chi connectivity index (χ4v) is 2.58. The Morgan fingerprint density at radius 1 is 0.931 bits per heavy atom. The highest BCUT2D eigenvalue weighted by atomic mass is 16.5. The summed E-state index contributed by atoms with van der Waals surface area (Å²) in [6, 6.07) is 11.8. The summed E-state index contributed by atoms with van der Waals surface area (Å²) in [5.41, 5.74) is 1.64. The van der Waals surface area contributed by atoms with Crippen LogP contribution in [0.25, 0.3) is 0 Å². The lowest BCUT2D eigenvalue weighted by atomic mass is 10.1. The molecule has 1 N–H and O–H groups in total. The maximum atomic E-state index is 12.1. The number of anilines is 1. The zero-order valence-corrected chi connectivity index (χ0v) is 16.8. The van der Waals surface area contributed by atoms with Crippen LogP contribution < -0.4 is 14.8 Å². The lowest BCUT2D eigenvalue weighted by Crippen LogP contribution is -2.21. The highest BCUT2D eigenvalue weighted by Crippen LogP contribution is 2.28. The molecule has 7 heteroatoms. The average Bonchev–Trinajstić information content (AvgIpc) is 2.69. The predicted octanol–water partition coefficient (Wildman–Crippen LogP) is 3.41. The van der Waals surface area contributed by atoms with Gasteiger partial charge in [0.25, 0.3) is 5.91 Å². The van der Waals surface area contributed by atoms with Crippen LogP contribution in [0.5, 0.6) is 11.5 Å². The van der Waals surface area contributed by atoms with Crippen LogP contribution in [0.1, 0.15) is 36.7 Å². The van der Waals surface area contributed by atoms with Crippen LogP contribution in [0, 0.1) is 0 Å². The molecule has 0 saturated heterocycles. The van der Waals surface area contributed by atoms with Crippen LogP contribution in [0.2, 0.25) is 0 Å². The predicted molar refractivity (Wildman–Crippen MR) is 109 cm³/mol. The number of rotatable bonds is 10. The average molecular weight is 399 g/mol. The van der Waals surface area contributed by atoms with E-state index in [9.17, 15) is 14.4 Å². The summed E-state index contributed by atoms with van der Waals surface area (Å²) in [6.07, 6.45) is -0.000416. The fraction of sp³-hybridized carbons (Fsp3) is 0.318. The molecule has 1 amide bonds. The second-order valence-corrected chi connectivity index (χ2v) is 6.17. The summed E-state index contributed by atoms with van der Waals surface area (Å²) in [7, 11) is 0. The lowest BCUT2D eigenvalue weighted by molar-refractivity contribution is -0.146. The van der Waals surface area contributed by atoms with Crippen molar-refractivity contribution in [2.24, 2.45) is 0 Å². The SMILES string of the molecule is CCOc1ccc(CC(=O)OCC(=O)Nc2cccc(C(C)=O)c2)cc1OCC. The summed E-state index contributed by atoms with van der Waals surface area (Å²) >= 11 is 0. The van der Waals surface area contributed by atoms with Crippen LogP contribution in [0.3, 0.4) is 0 Å². The molecule has 7 nitrogen and oxygen atoms in total. The first-order valence-corrected chi connectivity index (χ1v) is 9.38. The Hall–Kier alpha value is -3.35. The number of hydrogen-bond donors (Lipinski definition) is 1. The van der Waals surface area contributed by atoms with Gasteiger partial charge in [-0.05, 0) is 50.6 Å². The molecule has 0 heterocycles. The highest BCUT2D eigenvalue weighted by Gasteiger charge is 2.12. The Morgan fingerprint density at radius 2 is 1.66 bits per heavy atom. The van der Waals surface area contributed by atoms with Crippen LogP contribution >= 0.6 is 0 Å². The molecule has 0 radical (unpaired) electrons. The number of ether oxygens (including phenoxy) is 3. The molecule has 0 unspecified atom stereocenters. The Kier molecular flexibility index (Phi) is 8.21. The van der Waals surface area contributed by atoms with Gasteiger partial charge in [0.15, 0.2) is 23.9 Å². The minimum absolute atomic E-state index is 0.000416. The number of hydrogen-bond acceptors (Lipinski definition) is 6. The normalized spacial score (nSPS) is 10.2. The number of carbonyl (C=O) groups excluding carboxylic acids is 3. The van der Waals surface area contributed by atoms with Gasteiger partial charge in [-0.25, -0.2) is 0 Å². The summed E-state index contributed by atoms with van der Waals surface area (Å²) in [4.78, 5) is 35.5. The van der Waals surface area contributed by atoms with E-state index in [4.69, 9.17) is 14.2 Å². The Balaban J connectivity index is 1.89. The van der Waals surface area contributed by atoms with E-state index in [1.54, 1.807) is 42.5 Å². The topological polar surface area (TPSA) is 90.9 Å². The van der Waals surface area contributed by atoms with Gasteiger partial charge in [0.05, 0.1) is 19.6 Å². The van der Waals surface area contributed by atoms with Gasteiger partial charge in [0, 0.05) is 11.3 Å². The number of ketones is 1. The van der Waals surface area contributed by atoms with Gasteiger partial charge in [-0.15, -0.1) is 0 Å². The van der Waals surface area contributed by atoms with E-state index in [2.05, 4.69) is 5.32 Å². The molecule has 29 heavy (non-hydrogen) atoms. The van der Waals surface area contributed by atoms with E-state index in [0.29, 0.717) is 41.5 Å². The minimum atomic E-state index is -0.538. The molecule has 2 aromatic carbocycles. The zero-order valence-electron chi connectivity index (χ0n) is 16.8. The van der Waals surface area contributed by atoms with Crippen molar-refractivity contribution in [1.82, 2.24) is 0 Å². The van der Waals surface area contributed by atoms with Crippen LogP contribution in [0.4, 0.5) is 5.69 Å². The first-order chi connectivity index (χ1) is 13.9. The molecular formula is C22H25NO6. The summed E-state index contributed by atoms with van der Waals surface area (Å²) in [5, 5.41) is 2.60. The van der Waals surface area contributed by atoms with Gasteiger partial charge in [-0.3, -0.25) is 14.4 Å². The molecule has 0 aliphatic rings. The van der Waals surface area contributed by atoms with Crippen LogP contribution in [-0.2, 0) is 20.7 Å². The Labute approximate surface area is 170 Å². The molecule has 0 aromatic heterocycles. The minimum Gasteiger partial charge on any atom is -0.490 e. The highest BCUT2D eigenvalue weighted by molar-refractivity contribution is 5.97. The van der Waals surface area contributed by atoms with Crippen molar-refractivity contribution in [1.29, 1.82) is 0 Å². The summed E-state index contributed by atoms with van der Waals surface area (Å²) in [6.45, 7) is 5.74. The Morgan fingerprint density at radius 3 is 2.34 bits per heavy atom. The van der Waals surface area contributed by atoms with E-state index in [-0.39, 0.29) is 12.2 Å². The van der Waals surface area contributed by atoms with Crippen molar-refractivity contribution >= 4 is 23.3 Å². The van der Waals surface area contributed by atoms with Crippen molar-refractivity contribution in [3.63, 3.8) is 0 Å². The molecular weight excluding hydrogens is 374 g/mol. The van der Waals surface area contributed by atoms with E-state index in [1.165, 1.54) is 6.92 Å². The molecule has 0 aliphatic heterocycles. The third-order valence-corrected chi connectivity index (χ3v) is 3.87. The summed E-state index contributed by atoms with van der Waals surface area (Å²) < 4.78 is 16.1. The third-order valence-electron chi connectivity index (χ3n) is 3.87. The maximum Gasteiger partial charge on any atom is 0.310 e. The van der Waals surface area contributed by atoms with Crippen molar-refractivity contribution in [3.8, 4) is 11.5 Å². The fourth-order valence-electron chi connectivity index (χ4n) is 2.58. The standard InChI is InChI=1S/C22H25NO6/c1-4-27-19-10-9-16(11-20(19)28-5-2)12-22(26)29-14-21(25)23-18-8-6-7-17(13-18)15(3)24/h6-11,13H,4-5,12,14H2,1-3H3,(H,23,25). The van der Waals surface area contributed by atoms with Gasteiger partial charge in [-0.1, -0.05) is 18.2 Å². The monoisotopic (exact) mass is 399 g/mol. The second kappa shape index (κ2) is 10.8. The molecule has 0 bridgehead atoms. The Bertz CT molecular complexity index is 877. The molecule has 2 aromatic rings. The molecule has 2 rings (SSSR count). The molecule has 0 spiro atoms. The van der Waals surface area contributed by atoms with Crippen molar-refractivity contribution < 1.29 is 28.6 Å². The van der Waals surface area contributed by atoms with Crippen molar-refractivity contribution in [2.75, 3.05) is 25.1 Å². The molecule has 0 fully saturated rings. The van der Waals surface area contributed by atoms with Gasteiger partial charge in [0.1, 0.15) is 0 Å². The van der Waals surface area contributed by atoms with E-state index >= 15 is 0 Å². The number of benzene rings is 2. The zero-order chi connectivity index (χ0) is 21.2. The molecule has 0 saturated carbocycles. The van der Waals surface area contributed by atoms with Crippen molar-refractivity contribution in [2.45, 2.75) is 27.2 Å². The van der Waals surface area contributed by atoms with E-state index in [0.717, 1.165) is 0 Å². The number of esters is 1. The smallest absolute Gasteiger partial charge is 0.310 e. The van der Waals surface area contributed by atoms with Gasteiger partial charge in [-0.2, -0.15) is 0 Å². The summed E-state index contributed by atoms with van der Waals surface area (Å²) in [5.74, 6) is 0.0423. The second-order valence-electron chi connectivity index (χ2n) is 6.17. The largest absolute Gasteiger partial charge is 0.490 e. The van der Waals surface area contributed by atoms with Crippen LogP contribution in [0.15, 0.2) is 42.5 Å². The lowest BCUT2D eigenvalue weighted by Gasteiger charge is -2.12. The maximum absolute atomic E-state index is 12.1. The number of carbonyl (C=O) groups is 3. The first kappa shape index (κ1) is 21.9. The van der Waals surface area contributed by atoms with Crippen LogP contribution in [-0.4, -0.2) is 37.5 Å². The van der Waals surface area contributed by atoms with Gasteiger partial charge < -0.3 is 19.5 Å². The van der Waals surface area contributed by atoms with Crippen molar-refractivity contribution in [3.05, 3.63) is 53.6 Å². The number of Topliss-reactive ketones (excluding diaryl/α,β-unsaturated/α-hetero) is 1. The van der Waals surface area contributed by atoms with E-state index < -0.39 is 18.5 Å². The quantitative estimate of drug-likeness (QED) is 0.486. The van der Waals surface area contributed by atoms with Gasteiger partial charge >= 0.3 is 5.97 Å². The number of amides is 1. The number of nitrogens with one attached hydrogen (secondary N) is 1. The first-order valence-electron chi connectivity index (χ1n) is 9.38. The molecule has 154 valence electrons. The molecule has 0 atom stereocenters.